The van der Waals surface area contributed by atoms with Crippen LogP contribution >= 0.6 is 15.9 Å². The summed E-state index contributed by atoms with van der Waals surface area (Å²) < 4.78 is 27.5. The molecule has 0 bridgehead atoms. The van der Waals surface area contributed by atoms with E-state index in [1.54, 1.807) is 0 Å². The first kappa shape index (κ1) is 45.0. The van der Waals surface area contributed by atoms with Crippen LogP contribution in [0.1, 0.15) is 182 Å². The zero-order chi connectivity index (χ0) is 38.9. The average molecular weight is 820 g/mol. The largest absolute Gasteiger partial charge is 0.490 e. The lowest BCUT2D eigenvalue weighted by Gasteiger charge is -2.19. The van der Waals surface area contributed by atoms with Gasteiger partial charge in [-0.3, -0.25) is 0 Å². The lowest BCUT2D eigenvalue weighted by Crippen LogP contribution is -2.04. The van der Waals surface area contributed by atoms with Crippen LogP contribution in [0, 0.1) is 0 Å². The Hall–Kier alpha value is -2.66. The Balaban J connectivity index is 1.70. The van der Waals surface area contributed by atoms with Gasteiger partial charge < -0.3 is 18.9 Å². The van der Waals surface area contributed by atoms with Crippen molar-refractivity contribution in [2.24, 2.45) is 0 Å². The normalized spacial score (nSPS) is 11.6. The van der Waals surface area contributed by atoms with E-state index in [2.05, 4.69) is 86.1 Å². The molecule has 4 aromatic carbocycles. The van der Waals surface area contributed by atoms with Gasteiger partial charge in [0.2, 0.25) is 0 Å². The van der Waals surface area contributed by atoms with Crippen molar-refractivity contribution < 1.29 is 18.9 Å². The van der Waals surface area contributed by atoms with Crippen molar-refractivity contribution in [3.63, 3.8) is 0 Å². The van der Waals surface area contributed by atoms with Gasteiger partial charge in [0.15, 0.2) is 23.0 Å². The number of hydrogen-bond donors (Lipinski definition) is 0. The molecule has 5 heteroatoms. The quantitative estimate of drug-likeness (QED) is 0.0363. The number of unbranched alkanes of at least 4 members (excludes halogenated alkanes) is 20. The van der Waals surface area contributed by atoms with Crippen LogP contribution in [-0.4, -0.2) is 26.4 Å². The molecule has 0 fully saturated rings. The summed E-state index contributed by atoms with van der Waals surface area (Å²) in [4.78, 5) is 0. The summed E-state index contributed by atoms with van der Waals surface area (Å²) in [5, 5.41) is 7.10. The van der Waals surface area contributed by atoms with Crippen LogP contribution in [0.15, 0.2) is 46.9 Å². The van der Waals surface area contributed by atoms with Crippen molar-refractivity contribution in [1.82, 2.24) is 0 Å². The minimum Gasteiger partial charge on any atom is -0.490 e. The first-order chi connectivity index (χ1) is 27.1. The molecule has 0 aliphatic carbocycles. The predicted octanol–water partition coefficient (Wildman–Crippen LogP) is 16.9. The molecule has 0 radical (unpaired) electrons. The Morgan fingerprint density at radius 2 is 0.564 bits per heavy atom. The standard InChI is InChI=1S/C50H75BrO4/c1-5-9-13-17-21-25-31-52-47-36-43-41-30-29-40(51)35-42(41)44-37-48(53-32-26-22-18-14-10-6-2)50(55-34-28-24-20-16-12-8-4)39-46(44)45(43)38-49(47)54-33-27-23-19-15-11-7-3/h29-30,35-39H,5-28,31-34H2,1-4H3. The first-order valence-electron chi connectivity index (χ1n) is 22.8. The van der Waals surface area contributed by atoms with Gasteiger partial charge in [-0.05, 0) is 94.4 Å². The fourth-order valence-electron chi connectivity index (χ4n) is 7.69. The summed E-state index contributed by atoms with van der Waals surface area (Å²) >= 11 is 3.80. The van der Waals surface area contributed by atoms with Gasteiger partial charge in [0.25, 0.3) is 0 Å². The van der Waals surface area contributed by atoms with E-state index < -0.39 is 0 Å². The summed E-state index contributed by atoms with van der Waals surface area (Å²) in [5.74, 6) is 3.41. The number of ether oxygens (including phenoxy) is 4. The molecule has 0 amide bonds. The fourth-order valence-corrected chi connectivity index (χ4v) is 8.06. The second-order valence-electron chi connectivity index (χ2n) is 15.8. The van der Waals surface area contributed by atoms with Crippen LogP contribution in [0.5, 0.6) is 23.0 Å². The van der Waals surface area contributed by atoms with Gasteiger partial charge in [0, 0.05) is 4.47 Å². The van der Waals surface area contributed by atoms with Gasteiger partial charge >= 0.3 is 0 Å². The van der Waals surface area contributed by atoms with E-state index in [-0.39, 0.29) is 0 Å². The molecular weight excluding hydrogens is 744 g/mol. The third-order valence-corrected chi connectivity index (χ3v) is 11.5. The number of hydrogen-bond acceptors (Lipinski definition) is 4. The zero-order valence-electron chi connectivity index (χ0n) is 35.4. The molecule has 0 aromatic heterocycles. The van der Waals surface area contributed by atoms with Gasteiger partial charge in [0.1, 0.15) is 0 Å². The Morgan fingerprint density at radius 1 is 0.309 bits per heavy atom. The third-order valence-electron chi connectivity index (χ3n) is 11.0. The van der Waals surface area contributed by atoms with Crippen LogP contribution in [-0.2, 0) is 0 Å². The highest BCUT2D eigenvalue weighted by atomic mass is 79.9. The molecule has 306 valence electrons. The second-order valence-corrected chi connectivity index (χ2v) is 16.8. The maximum absolute atomic E-state index is 6.63. The summed E-state index contributed by atoms with van der Waals surface area (Å²) in [7, 11) is 0. The van der Waals surface area contributed by atoms with Crippen LogP contribution in [0.2, 0.25) is 0 Å². The van der Waals surface area contributed by atoms with Crippen LogP contribution < -0.4 is 18.9 Å². The summed E-state index contributed by atoms with van der Waals surface area (Å²) in [5.41, 5.74) is 0. The molecule has 4 aromatic rings. The van der Waals surface area contributed by atoms with E-state index in [1.807, 2.05) is 0 Å². The molecule has 4 rings (SSSR count). The van der Waals surface area contributed by atoms with E-state index in [4.69, 9.17) is 18.9 Å². The maximum Gasteiger partial charge on any atom is 0.161 e. The molecule has 0 saturated carbocycles. The van der Waals surface area contributed by atoms with E-state index in [1.165, 1.54) is 155 Å². The molecule has 0 N–H and O–H groups in total. The van der Waals surface area contributed by atoms with Crippen molar-refractivity contribution in [2.75, 3.05) is 26.4 Å². The molecule has 0 heterocycles. The predicted molar refractivity (Wildman–Crippen MR) is 242 cm³/mol. The summed E-state index contributed by atoms with van der Waals surface area (Å²) in [6, 6.07) is 15.7. The lowest BCUT2D eigenvalue weighted by atomic mass is 9.93. The lowest BCUT2D eigenvalue weighted by molar-refractivity contribution is 0.259. The first-order valence-corrected chi connectivity index (χ1v) is 23.6. The van der Waals surface area contributed by atoms with Crippen molar-refractivity contribution in [2.45, 2.75) is 182 Å². The van der Waals surface area contributed by atoms with Crippen molar-refractivity contribution in [3.8, 4) is 23.0 Å². The Kier molecular flexibility index (Phi) is 22.2. The second kappa shape index (κ2) is 27.1. The molecule has 0 spiro atoms. The Bertz CT molecular complexity index is 1650. The van der Waals surface area contributed by atoms with Gasteiger partial charge in [-0.25, -0.2) is 0 Å². The molecule has 4 nitrogen and oxygen atoms in total. The number of fused-ring (bicyclic) bond motifs is 6. The smallest absolute Gasteiger partial charge is 0.161 e. The van der Waals surface area contributed by atoms with Gasteiger partial charge in [-0.1, -0.05) is 178 Å². The fraction of sp³-hybridized carbons (Fsp3) is 0.640. The molecule has 0 unspecified atom stereocenters. The number of halogens is 1. The monoisotopic (exact) mass is 818 g/mol. The van der Waals surface area contributed by atoms with Gasteiger partial charge in [-0.2, -0.15) is 0 Å². The molecule has 0 aliphatic rings. The Morgan fingerprint density at radius 3 is 0.873 bits per heavy atom. The van der Waals surface area contributed by atoms with E-state index in [0.29, 0.717) is 26.4 Å². The molecular formula is C50H75BrO4. The zero-order valence-corrected chi connectivity index (χ0v) is 36.9. The van der Waals surface area contributed by atoms with Gasteiger partial charge in [0.05, 0.1) is 26.4 Å². The minimum atomic E-state index is 0.700. The van der Waals surface area contributed by atoms with Gasteiger partial charge in [-0.15, -0.1) is 0 Å². The van der Waals surface area contributed by atoms with E-state index in [9.17, 15) is 0 Å². The molecule has 0 aliphatic heterocycles. The van der Waals surface area contributed by atoms with Crippen molar-refractivity contribution in [1.29, 1.82) is 0 Å². The van der Waals surface area contributed by atoms with Crippen molar-refractivity contribution >= 4 is 48.2 Å². The SMILES string of the molecule is CCCCCCCCOc1cc2c3ccc(Br)cc3c3cc(OCCCCCCCC)c(OCCCCCCCC)cc3c2cc1OCCCCCCCC. The van der Waals surface area contributed by atoms with E-state index in [0.717, 1.165) is 58.5 Å². The van der Waals surface area contributed by atoms with Crippen LogP contribution in [0.4, 0.5) is 0 Å². The highest BCUT2D eigenvalue weighted by molar-refractivity contribution is 9.10. The minimum absolute atomic E-state index is 0.700. The van der Waals surface area contributed by atoms with Crippen LogP contribution in [0.25, 0.3) is 32.3 Å². The maximum atomic E-state index is 6.63. The Labute approximate surface area is 343 Å². The van der Waals surface area contributed by atoms with E-state index >= 15 is 0 Å². The average Bonchev–Trinajstić information content (AvgIpc) is 3.19. The molecule has 55 heavy (non-hydrogen) atoms. The number of benzene rings is 4. The van der Waals surface area contributed by atoms with Crippen molar-refractivity contribution in [3.05, 3.63) is 46.9 Å². The third kappa shape index (κ3) is 15.3. The summed E-state index contributed by atoms with van der Waals surface area (Å²) in [6.45, 7) is 11.9. The molecule has 0 saturated heterocycles. The highest BCUT2D eigenvalue weighted by Crippen LogP contribution is 2.45. The molecule has 0 atom stereocenters. The highest BCUT2D eigenvalue weighted by Gasteiger charge is 2.18. The number of rotatable bonds is 32. The van der Waals surface area contributed by atoms with Crippen LogP contribution in [0.3, 0.4) is 0 Å². The topological polar surface area (TPSA) is 36.9 Å². The summed E-state index contributed by atoms with van der Waals surface area (Å²) in [6.07, 6.45) is 29.7.